The first kappa shape index (κ1) is 17.0. The molecule has 0 saturated carbocycles. The smallest absolute Gasteiger partial charge is 0.326 e. The Bertz CT molecular complexity index is 786. The number of rotatable bonds is 5. The van der Waals surface area contributed by atoms with Gasteiger partial charge in [-0.05, 0) is 36.8 Å². The summed E-state index contributed by atoms with van der Waals surface area (Å²) < 4.78 is 7.02. The van der Waals surface area contributed by atoms with Crippen molar-refractivity contribution in [3.63, 3.8) is 0 Å². The van der Waals surface area contributed by atoms with E-state index in [0.717, 1.165) is 10.0 Å². The molecule has 0 radical (unpaired) electrons. The minimum atomic E-state index is -0.652. The van der Waals surface area contributed by atoms with Crippen LogP contribution < -0.4 is 10.9 Å². The molecule has 23 heavy (non-hydrogen) atoms. The molecule has 0 bridgehead atoms. The van der Waals surface area contributed by atoms with Crippen LogP contribution in [0.1, 0.15) is 5.56 Å². The average Bonchev–Trinajstić information content (AvgIpc) is 2.51. The highest BCUT2D eigenvalue weighted by Gasteiger charge is 2.09. The summed E-state index contributed by atoms with van der Waals surface area (Å²) in [6.07, 6.45) is 1.48. The lowest BCUT2D eigenvalue weighted by atomic mass is 10.2. The van der Waals surface area contributed by atoms with Gasteiger partial charge in [-0.3, -0.25) is 14.4 Å². The second kappa shape index (κ2) is 7.73. The molecule has 0 aliphatic rings. The predicted octanol–water partition coefficient (Wildman–Crippen LogP) is 2.10. The molecule has 0 fully saturated rings. The lowest BCUT2D eigenvalue weighted by Crippen LogP contribution is -2.26. The van der Waals surface area contributed by atoms with Gasteiger partial charge in [-0.1, -0.05) is 22.0 Å². The molecule has 120 valence electrons. The maximum Gasteiger partial charge on any atom is 0.326 e. The summed E-state index contributed by atoms with van der Waals surface area (Å²) >= 11 is 3.37. The van der Waals surface area contributed by atoms with Crippen molar-refractivity contribution in [3.05, 3.63) is 63.0 Å². The molecule has 2 rings (SSSR count). The third kappa shape index (κ3) is 5.07. The third-order valence-corrected chi connectivity index (χ3v) is 3.89. The van der Waals surface area contributed by atoms with Crippen LogP contribution in [0.4, 0.5) is 5.69 Å². The minimum absolute atomic E-state index is 0.232. The van der Waals surface area contributed by atoms with E-state index in [1.54, 1.807) is 24.3 Å². The number of pyridine rings is 1. The molecule has 1 N–H and O–H groups in total. The van der Waals surface area contributed by atoms with Gasteiger partial charge in [-0.15, -0.1) is 0 Å². The molecule has 2 aromatic rings. The highest BCUT2D eigenvalue weighted by Crippen LogP contribution is 2.19. The quantitative estimate of drug-likeness (QED) is 0.808. The minimum Gasteiger partial charge on any atom is -0.454 e. The Morgan fingerprint density at radius 1 is 1.26 bits per heavy atom. The Morgan fingerprint density at radius 3 is 2.74 bits per heavy atom. The van der Waals surface area contributed by atoms with Crippen molar-refractivity contribution in [1.29, 1.82) is 0 Å². The molecule has 0 aliphatic heterocycles. The summed E-state index contributed by atoms with van der Waals surface area (Å²) in [6, 6.07) is 9.91. The first-order valence-corrected chi connectivity index (χ1v) is 7.62. The zero-order valence-corrected chi connectivity index (χ0v) is 14.0. The zero-order valence-electron chi connectivity index (χ0n) is 12.4. The molecule has 6 nitrogen and oxygen atoms in total. The Labute approximate surface area is 141 Å². The van der Waals surface area contributed by atoms with Crippen LogP contribution in [0, 0.1) is 6.92 Å². The highest BCUT2D eigenvalue weighted by atomic mass is 79.9. The lowest BCUT2D eigenvalue weighted by molar-refractivity contribution is -0.147. The van der Waals surface area contributed by atoms with Crippen LogP contribution in [-0.4, -0.2) is 23.1 Å². The van der Waals surface area contributed by atoms with Crippen LogP contribution >= 0.6 is 15.9 Å². The largest absolute Gasteiger partial charge is 0.454 e. The third-order valence-electron chi connectivity index (χ3n) is 3.00. The van der Waals surface area contributed by atoms with Crippen LogP contribution in [-0.2, 0) is 20.9 Å². The van der Waals surface area contributed by atoms with Crippen molar-refractivity contribution >= 4 is 33.5 Å². The SMILES string of the molecule is Cc1cc(NC(=O)COC(=O)Cn2ccccc2=O)ccc1Br. The number of aryl methyl sites for hydroxylation is 1. The number of halogens is 1. The van der Waals surface area contributed by atoms with Crippen molar-refractivity contribution in [2.75, 3.05) is 11.9 Å². The Hall–Kier alpha value is -2.41. The van der Waals surface area contributed by atoms with Crippen LogP contribution in [0.2, 0.25) is 0 Å². The van der Waals surface area contributed by atoms with Gasteiger partial charge < -0.3 is 14.6 Å². The summed E-state index contributed by atoms with van der Waals surface area (Å²) in [5.41, 5.74) is 1.29. The maximum atomic E-state index is 11.8. The molecule has 0 aliphatic carbocycles. The van der Waals surface area contributed by atoms with Crippen molar-refractivity contribution in [3.8, 4) is 0 Å². The van der Waals surface area contributed by atoms with Gasteiger partial charge in [0.05, 0.1) is 0 Å². The maximum absolute atomic E-state index is 11.8. The van der Waals surface area contributed by atoms with Crippen molar-refractivity contribution in [1.82, 2.24) is 4.57 Å². The number of esters is 1. The molecule has 7 heteroatoms. The molecule has 1 aromatic carbocycles. The number of amides is 1. The lowest BCUT2D eigenvalue weighted by Gasteiger charge is -2.08. The predicted molar refractivity (Wildman–Crippen MR) is 89.2 cm³/mol. The van der Waals surface area contributed by atoms with E-state index in [1.165, 1.54) is 16.8 Å². The van der Waals surface area contributed by atoms with Crippen LogP contribution in [0.3, 0.4) is 0 Å². The molecule has 1 heterocycles. The summed E-state index contributed by atoms with van der Waals surface area (Å²) in [5, 5.41) is 2.64. The van der Waals surface area contributed by atoms with Crippen molar-refractivity contribution < 1.29 is 14.3 Å². The summed E-state index contributed by atoms with van der Waals surface area (Å²) in [4.78, 5) is 34.9. The molecule has 0 saturated heterocycles. The molecular weight excluding hydrogens is 364 g/mol. The van der Waals surface area contributed by atoms with E-state index in [0.29, 0.717) is 5.69 Å². The number of nitrogens with zero attached hydrogens (tertiary/aromatic N) is 1. The van der Waals surface area contributed by atoms with Crippen LogP contribution in [0.25, 0.3) is 0 Å². The van der Waals surface area contributed by atoms with Crippen LogP contribution in [0.15, 0.2) is 51.9 Å². The number of carbonyl (C=O) groups excluding carboxylic acids is 2. The number of carbonyl (C=O) groups is 2. The van der Waals surface area contributed by atoms with E-state index in [1.807, 2.05) is 13.0 Å². The number of benzene rings is 1. The monoisotopic (exact) mass is 378 g/mol. The van der Waals surface area contributed by atoms with E-state index in [9.17, 15) is 14.4 Å². The summed E-state index contributed by atoms with van der Waals surface area (Å²) in [5.74, 6) is -1.10. The van der Waals surface area contributed by atoms with Gasteiger partial charge in [0.1, 0.15) is 6.54 Å². The molecule has 1 aromatic heterocycles. The van der Waals surface area contributed by atoms with Gasteiger partial charge in [0, 0.05) is 22.4 Å². The second-order valence-electron chi connectivity index (χ2n) is 4.84. The number of hydrogen-bond acceptors (Lipinski definition) is 4. The van der Waals surface area contributed by atoms with Crippen molar-refractivity contribution in [2.24, 2.45) is 0 Å². The molecule has 0 atom stereocenters. The molecule has 1 amide bonds. The van der Waals surface area contributed by atoms with E-state index in [2.05, 4.69) is 21.2 Å². The molecule has 0 spiro atoms. The number of aromatic nitrogens is 1. The molecule has 0 unspecified atom stereocenters. The fourth-order valence-electron chi connectivity index (χ4n) is 1.84. The zero-order chi connectivity index (χ0) is 16.8. The number of anilines is 1. The normalized spacial score (nSPS) is 10.2. The number of nitrogens with one attached hydrogen (secondary N) is 1. The van der Waals surface area contributed by atoms with Gasteiger partial charge in [0.15, 0.2) is 6.61 Å². The van der Waals surface area contributed by atoms with E-state index in [-0.39, 0.29) is 12.1 Å². The van der Waals surface area contributed by atoms with Gasteiger partial charge in [-0.25, -0.2) is 0 Å². The number of hydrogen-bond donors (Lipinski definition) is 1. The summed E-state index contributed by atoms with van der Waals surface area (Å²) in [6.45, 7) is 1.26. The first-order chi connectivity index (χ1) is 11.0. The average molecular weight is 379 g/mol. The second-order valence-corrected chi connectivity index (χ2v) is 5.69. The first-order valence-electron chi connectivity index (χ1n) is 6.83. The van der Waals surface area contributed by atoms with E-state index < -0.39 is 18.5 Å². The Morgan fingerprint density at radius 2 is 2.04 bits per heavy atom. The van der Waals surface area contributed by atoms with E-state index in [4.69, 9.17) is 4.74 Å². The van der Waals surface area contributed by atoms with Crippen LogP contribution in [0.5, 0.6) is 0 Å². The molecular formula is C16H15BrN2O4. The van der Waals surface area contributed by atoms with E-state index >= 15 is 0 Å². The van der Waals surface area contributed by atoms with Gasteiger partial charge in [-0.2, -0.15) is 0 Å². The fourth-order valence-corrected chi connectivity index (χ4v) is 2.09. The Balaban J connectivity index is 1.84. The topological polar surface area (TPSA) is 77.4 Å². The summed E-state index contributed by atoms with van der Waals surface area (Å²) in [7, 11) is 0. The fraction of sp³-hybridized carbons (Fsp3) is 0.188. The van der Waals surface area contributed by atoms with Gasteiger partial charge in [0.2, 0.25) is 0 Å². The highest BCUT2D eigenvalue weighted by molar-refractivity contribution is 9.10. The Kier molecular flexibility index (Phi) is 5.70. The van der Waals surface area contributed by atoms with Gasteiger partial charge >= 0.3 is 5.97 Å². The van der Waals surface area contributed by atoms with Crippen molar-refractivity contribution in [2.45, 2.75) is 13.5 Å². The van der Waals surface area contributed by atoms with Gasteiger partial charge in [0.25, 0.3) is 11.5 Å². The number of ether oxygens (including phenoxy) is 1. The standard InChI is InChI=1S/C16H15BrN2O4/c1-11-8-12(5-6-13(11)17)18-14(20)10-23-16(22)9-19-7-3-2-4-15(19)21/h2-8H,9-10H2,1H3,(H,18,20).